The number of hydrogen-bond donors (Lipinski definition) is 2. The van der Waals surface area contributed by atoms with Crippen molar-refractivity contribution in [1.82, 2.24) is 15.5 Å². The Hall–Kier alpha value is -1.31. The van der Waals surface area contributed by atoms with Crippen molar-refractivity contribution in [3.05, 3.63) is 35.4 Å². The van der Waals surface area contributed by atoms with E-state index in [1.165, 1.54) is 36.8 Å². The first-order valence-corrected chi connectivity index (χ1v) is 9.36. The summed E-state index contributed by atoms with van der Waals surface area (Å²) in [5, 5.41) is 6.96. The second kappa shape index (κ2) is 11.4. The number of nitrogens with one attached hydrogen (secondary N) is 2. The number of amides is 1. The lowest BCUT2D eigenvalue weighted by Crippen LogP contribution is -2.44. The molecule has 0 radical (unpaired) electrons. The fourth-order valence-electron chi connectivity index (χ4n) is 3.01. The molecule has 5 nitrogen and oxygen atoms in total. The quantitative estimate of drug-likeness (QED) is 0.379. The maximum atomic E-state index is 11.9. The highest BCUT2D eigenvalue weighted by Gasteiger charge is 2.18. The minimum absolute atomic E-state index is 0. The Morgan fingerprint density at radius 3 is 2.38 bits per heavy atom. The Labute approximate surface area is 175 Å². The smallest absolute Gasteiger partial charge is 0.243 e. The monoisotopic (exact) mass is 472 g/mol. The first kappa shape index (κ1) is 22.7. The van der Waals surface area contributed by atoms with Gasteiger partial charge < -0.3 is 15.5 Å². The van der Waals surface area contributed by atoms with E-state index in [1.54, 1.807) is 19.0 Å². The molecule has 1 aromatic carbocycles. The molecular weight excluding hydrogens is 439 g/mol. The zero-order chi connectivity index (χ0) is 18.2. The van der Waals surface area contributed by atoms with Gasteiger partial charge in [-0.2, -0.15) is 0 Å². The van der Waals surface area contributed by atoms with Crippen LogP contribution in [-0.2, 0) is 11.2 Å². The summed E-state index contributed by atoms with van der Waals surface area (Å²) < 4.78 is 0. The second-order valence-electron chi connectivity index (χ2n) is 7.04. The summed E-state index contributed by atoms with van der Waals surface area (Å²) in [4.78, 5) is 18.0. The van der Waals surface area contributed by atoms with E-state index in [-0.39, 0.29) is 42.5 Å². The van der Waals surface area contributed by atoms with Crippen LogP contribution < -0.4 is 10.6 Å². The van der Waals surface area contributed by atoms with Crippen LogP contribution in [0.5, 0.6) is 0 Å². The minimum atomic E-state index is 0. The molecule has 0 heterocycles. The van der Waals surface area contributed by atoms with E-state index >= 15 is 0 Å². The molecule has 0 aromatic heterocycles. The first-order valence-electron chi connectivity index (χ1n) is 9.36. The fraction of sp³-hybridized carbons (Fsp3) is 0.600. The number of aliphatic imine (C=N–C) groups is 1. The van der Waals surface area contributed by atoms with Gasteiger partial charge in [-0.15, -0.1) is 24.0 Å². The Balaban J connectivity index is 0.00000338. The zero-order valence-electron chi connectivity index (χ0n) is 16.4. The summed E-state index contributed by atoms with van der Waals surface area (Å²) in [6.07, 6.45) is 5.90. The summed E-state index contributed by atoms with van der Waals surface area (Å²) in [7, 11) is 3.51. The fourth-order valence-corrected chi connectivity index (χ4v) is 3.01. The third-order valence-electron chi connectivity index (χ3n) is 4.81. The minimum Gasteiger partial charge on any atom is -0.354 e. The van der Waals surface area contributed by atoms with Gasteiger partial charge in [0.1, 0.15) is 6.54 Å². The zero-order valence-corrected chi connectivity index (χ0v) is 18.7. The normalized spacial score (nSPS) is 15.9. The van der Waals surface area contributed by atoms with Crippen molar-refractivity contribution in [2.24, 2.45) is 4.99 Å². The molecule has 1 atom stereocenters. The average Bonchev–Trinajstić information content (AvgIpc) is 3.12. The average molecular weight is 472 g/mol. The van der Waals surface area contributed by atoms with E-state index in [1.807, 2.05) is 0 Å². The lowest BCUT2D eigenvalue weighted by molar-refractivity contribution is -0.127. The molecule has 0 saturated heterocycles. The number of benzene rings is 1. The third-order valence-corrected chi connectivity index (χ3v) is 4.81. The van der Waals surface area contributed by atoms with Crippen molar-refractivity contribution in [3.63, 3.8) is 0 Å². The molecule has 2 rings (SSSR count). The van der Waals surface area contributed by atoms with Crippen LogP contribution in [0.3, 0.4) is 0 Å². The van der Waals surface area contributed by atoms with Crippen molar-refractivity contribution in [2.75, 3.05) is 20.6 Å². The van der Waals surface area contributed by atoms with Crippen molar-refractivity contribution in [2.45, 2.75) is 58.0 Å². The number of nitrogens with zero attached hydrogens (tertiary/aromatic N) is 2. The number of aryl methyl sites for hydroxylation is 1. The number of likely N-dealkylation sites (N-methyl/N-ethyl adjacent to an activating group) is 1. The summed E-state index contributed by atoms with van der Waals surface area (Å²) in [5.74, 6) is 0.738. The number of guanidine groups is 1. The SMILES string of the molecule is CCc1ccc(C(C)NC(=NCC(=O)N(C)C)NC2CCCC2)cc1.I. The molecule has 146 valence electrons. The van der Waals surface area contributed by atoms with Crippen LogP contribution in [0.25, 0.3) is 0 Å². The highest BCUT2D eigenvalue weighted by atomic mass is 127. The lowest BCUT2D eigenvalue weighted by Gasteiger charge is -2.22. The van der Waals surface area contributed by atoms with Gasteiger partial charge in [-0.05, 0) is 37.3 Å². The summed E-state index contributed by atoms with van der Waals surface area (Å²) in [6.45, 7) is 4.45. The molecular formula is C20H33IN4O. The van der Waals surface area contributed by atoms with Crippen molar-refractivity contribution in [1.29, 1.82) is 0 Å². The molecule has 1 aliphatic rings. The summed E-state index contributed by atoms with van der Waals surface area (Å²) in [5.41, 5.74) is 2.56. The van der Waals surface area contributed by atoms with E-state index in [9.17, 15) is 4.79 Å². The topological polar surface area (TPSA) is 56.7 Å². The molecule has 1 amide bonds. The molecule has 1 aliphatic carbocycles. The van der Waals surface area contributed by atoms with Crippen molar-refractivity contribution >= 4 is 35.8 Å². The van der Waals surface area contributed by atoms with Crippen molar-refractivity contribution < 1.29 is 4.79 Å². The van der Waals surface area contributed by atoms with Crippen LogP contribution in [0, 0.1) is 0 Å². The molecule has 0 bridgehead atoms. The van der Waals surface area contributed by atoms with Crippen LogP contribution in [0.4, 0.5) is 0 Å². The van der Waals surface area contributed by atoms with E-state index in [0.29, 0.717) is 6.04 Å². The number of carbonyl (C=O) groups is 1. The van der Waals surface area contributed by atoms with Gasteiger partial charge in [0.2, 0.25) is 5.91 Å². The van der Waals surface area contributed by atoms with E-state index in [0.717, 1.165) is 12.4 Å². The van der Waals surface area contributed by atoms with Crippen LogP contribution in [0.1, 0.15) is 56.7 Å². The molecule has 0 aliphatic heterocycles. The molecule has 0 spiro atoms. The first-order chi connectivity index (χ1) is 12.0. The molecule has 1 aromatic rings. The Kier molecular flexibility index (Phi) is 9.98. The second-order valence-corrected chi connectivity index (χ2v) is 7.04. The van der Waals surface area contributed by atoms with Crippen LogP contribution in [-0.4, -0.2) is 43.4 Å². The number of halogens is 1. The summed E-state index contributed by atoms with van der Waals surface area (Å²) in [6, 6.07) is 9.25. The predicted molar refractivity (Wildman–Crippen MR) is 119 cm³/mol. The molecule has 26 heavy (non-hydrogen) atoms. The Morgan fingerprint density at radius 1 is 1.23 bits per heavy atom. The third kappa shape index (κ3) is 7.13. The van der Waals surface area contributed by atoms with Gasteiger partial charge in [0.25, 0.3) is 0 Å². The van der Waals surface area contributed by atoms with Crippen LogP contribution in [0.15, 0.2) is 29.3 Å². The number of hydrogen-bond acceptors (Lipinski definition) is 2. The lowest BCUT2D eigenvalue weighted by atomic mass is 10.1. The number of rotatable bonds is 6. The summed E-state index contributed by atoms with van der Waals surface area (Å²) >= 11 is 0. The molecule has 1 unspecified atom stereocenters. The largest absolute Gasteiger partial charge is 0.354 e. The number of carbonyl (C=O) groups excluding carboxylic acids is 1. The van der Waals surface area contributed by atoms with Gasteiger partial charge in [0, 0.05) is 20.1 Å². The van der Waals surface area contributed by atoms with Gasteiger partial charge in [0.15, 0.2) is 5.96 Å². The maximum absolute atomic E-state index is 11.9. The van der Waals surface area contributed by atoms with E-state index in [4.69, 9.17) is 0 Å². The predicted octanol–water partition coefficient (Wildman–Crippen LogP) is 3.49. The van der Waals surface area contributed by atoms with Crippen LogP contribution >= 0.6 is 24.0 Å². The molecule has 6 heteroatoms. The van der Waals surface area contributed by atoms with Gasteiger partial charge in [0.05, 0.1) is 6.04 Å². The Morgan fingerprint density at radius 2 is 1.85 bits per heavy atom. The van der Waals surface area contributed by atoms with Crippen molar-refractivity contribution in [3.8, 4) is 0 Å². The van der Waals surface area contributed by atoms with Crippen LogP contribution in [0.2, 0.25) is 0 Å². The van der Waals surface area contributed by atoms with Gasteiger partial charge in [-0.25, -0.2) is 4.99 Å². The van der Waals surface area contributed by atoms with E-state index in [2.05, 4.69) is 53.7 Å². The van der Waals surface area contributed by atoms with E-state index < -0.39 is 0 Å². The molecule has 2 N–H and O–H groups in total. The Bertz CT molecular complexity index is 580. The highest BCUT2D eigenvalue weighted by molar-refractivity contribution is 14.0. The standard InChI is InChI=1S/C20H32N4O.HI/c1-5-16-10-12-17(13-11-16)15(2)22-20(21-14-19(25)24(3)4)23-18-8-6-7-9-18;/h10-13,15,18H,5-9,14H2,1-4H3,(H2,21,22,23);1H. The highest BCUT2D eigenvalue weighted by Crippen LogP contribution is 2.18. The van der Waals surface area contributed by atoms with Gasteiger partial charge in [-0.1, -0.05) is 44.0 Å². The maximum Gasteiger partial charge on any atom is 0.243 e. The van der Waals surface area contributed by atoms with Gasteiger partial charge in [-0.3, -0.25) is 4.79 Å². The van der Waals surface area contributed by atoms with Gasteiger partial charge >= 0.3 is 0 Å². The molecule has 1 saturated carbocycles. The molecule has 1 fully saturated rings.